The highest BCUT2D eigenvalue weighted by atomic mass is 35.5. The number of rotatable bonds is 6. The van der Waals surface area contributed by atoms with Gasteiger partial charge in [-0.05, 0) is 42.9 Å². The zero-order chi connectivity index (χ0) is 15.6. The van der Waals surface area contributed by atoms with Crippen LogP contribution in [0.5, 0.6) is 0 Å². The third-order valence-electron chi connectivity index (χ3n) is 4.52. The van der Waals surface area contributed by atoms with Gasteiger partial charge in [0, 0.05) is 18.0 Å². The van der Waals surface area contributed by atoms with Crippen molar-refractivity contribution in [2.45, 2.75) is 44.6 Å². The Balaban J connectivity index is 0.00000242. The Morgan fingerprint density at radius 3 is 2.50 bits per heavy atom. The second-order valence-corrected chi connectivity index (χ2v) is 5.91. The van der Waals surface area contributed by atoms with Crippen LogP contribution >= 0.6 is 12.4 Å². The summed E-state index contributed by atoms with van der Waals surface area (Å²) in [6.07, 6.45) is 2.26. The van der Waals surface area contributed by atoms with Gasteiger partial charge in [-0.3, -0.25) is 4.79 Å². The number of amides is 1. The van der Waals surface area contributed by atoms with Gasteiger partial charge in [0.25, 0.3) is 0 Å². The third-order valence-corrected chi connectivity index (χ3v) is 4.52. The molecular formula is C16H23ClF2N2O. The molecule has 1 aliphatic rings. The van der Waals surface area contributed by atoms with Crippen molar-refractivity contribution in [1.29, 1.82) is 0 Å². The van der Waals surface area contributed by atoms with Gasteiger partial charge < -0.3 is 11.1 Å². The fourth-order valence-corrected chi connectivity index (χ4v) is 2.49. The van der Waals surface area contributed by atoms with Crippen LogP contribution in [0.3, 0.4) is 0 Å². The number of carbonyl (C=O) groups is 1. The van der Waals surface area contributed by atoms with Gasteiger partial charge >= 0.3 is 0 Å². The molecule has 0 heterocycles. The first-order valence-corrected chi connectivity index (χ1v) is 7.41. The quantitative estimate of drug-likeness (QED) is 0.841. The number of halogens is 3. The molecule has 2 rings (SSSR count). The summed E-state index contributed by atoms with van der Waals surface area (Å²) in [7, 11) is 0. The molecule has 1 saturated carbocycles. The van der Waals surface area contributed by atoms with Crippen LogP contribution in [0.25, 0.3) is 0 Å². The molecule has 0 spiro atoms. The van der Waals surface area contributed by atoms with Gasteiger partial charge in [-0.2, -0.15) is 0 Å². The highest BCUT2D eigenvalue weighted by molar-refractivity contribution is 5.85. The Bertz CT molecular complexity index is 535. The van der Waals surface area contributed by atoms with Crippen LogP contribution in [0.1, 0.15) is 44.6 Å². The average molecular weight is 333 g/mol. The lowest BCUT2D eigenvalue weighted by Gasteiger charge is -2.26. The Morgan fingerprint density at radius 1 is 1.32 bits per heavy atom. The molecule has 0 aromatic heterocycles. The van der Waals surface area contributed by atoms with E-state index in [1.807, 2.05) is 13.8 Å². The summed E-state index contributed by atoms with van der Waals surface area (Å²) >= 11 is 0. The predicted molar refractivity (Wildman–Crippen MR) is 85.0 cm³/mol. The minimum Gasteiger partial charge on any atom is -0.354 e. The second kappa shape index (κ2) is 7.38. The van der Waals surface area contributed by atoms with Gasteiger partial charge in [-0.25, -0.2) is 8.78 Å². The van der Waals surface area contributed by atoms with Crippen molar-refractivity contribution in [3.63, 3.8) is 0 Å². The van der Waals surface area contributed by atoms with E-state index < -0.39 is 11.6 Å². The fourth-order valence-electron chi connectivity index (χ4n) is 2.49. The first kappa shape index (κ1) is 18.8. The van der Waals surface area contributed by atoms with Crippen LogP contribution in [0.4, 0.5) is 8.78 Å². The Hall–Kier alpha value is -1.20. The van der Waals surface area contributed by atoms with Gasteiger partial charge in [0.1, 0.15) is 0 Å². The zero-order valence-corrected chi connectivity index (χ0v) is 13.7. The molecule has 22 heavy (non-hydrogen) atoms. The van der Waals surface area contributed by atoms with Crippen molar-refractivity contribution < 1.29 is 13.6 Å². The molecule has 6 heteroatoms. The molecule has 1 amide bonds. The van der Waals surface area contributed by atoms with E-state index in [2.05, 4.69) is 5.32 Å². The Labute approximate surface area is 136 Å². The number of nitrogens with two attached hydrogens (primary N) is 1. The standard InChI is InChI=1S/C16H22F2N2O.ClH/c1-3-16(19,4-2)9-20-15(21)12-8-11(12)10-5-6-13(17)14(18)7-10;/h5-7,11-12H,3-4,8-9,19H2,1-2H3,(H,20,21);1H. The summed E-state index contributed by atoms with van der Waals surface area (Å²) in [6.45, 7) is 4.44. The van der Waals surface area contributed by atoms with Gasteiger partial charge in [-0.1, -0.05) is 19.9 Å². The Morgan fingerprint density at radius 2 is 1.95 bits per heavy atom. The maximum absolute atomic E-state index is 13.2. The number of carbonyl (C=O) groups excluding carboxylic acids is 1. The molecule has 3 N–H and O–H groups in total. The van der Waals surface area contributed by atoms with Crippen LogP contribution in [0, 0.1) is 17.6 Å². The van der Waals surface area contributed by atoms with E-state index in [4.69, 9.17) is 5.73 Å². The van der Waals surface area contributed by atoms with Crippen molar-refractivity contribution in [3.8, 4) is 0 Å². The summed E-state index contributed by atoms with van der Waals surface area (Å²) in [5, 5.41) is 2.88. The molecular weight excluding hydrogens is 310 g/mol. The molecule has 3 nitrogen and oxygen atoms in total. The van der Waals surface area contributed by atoms with Gasteiger partial charge in [0.05, 0.1) is 0 Å². The van der Waals surface area contributed by atoms with Crippen LogP contribution in [-0.4, -0.2) is 18.0 Å². The SMILES string of the molecule is CCC(N)(CC)CNC(=O)C1CC1c1ccc(F)c(F)c1.Cl. The smallest absolute Gasteiger partial charge is 0.223 e. The molecule has 2 unspecified atom stereocenters. The fraction of sp³-hybridized carbons (Fsp3) is 0.562. The summed E-state index contributed by atoms with van der Waals surface area (Å²) < 4.78 is 26.1. The first-order valence-electron chi connectivity index (χ1n) is 7.41. The molecule has 124 valence electrons. The van der Waals surface area contributed by atoms with E-state index in [-0.39, 0.29) is 35.7 Å². The maximum Gasteiger partial charge on any atom is 0.223 e. The number of hydrogen-bond donors (Lipinski definition) is 2. The topological polar surface area (TPSA) is 55.1 Å². The van der Waals surface area contributed by atoms with Gasteiger partial charge in [0.2, 0.25) is 5.91 Å². The molecule has 1 aromatic rings. The molecule has 0 aliphatic heterocycles. The van der Waals surface area contributed by atoms with Crippen LogP contribution in [0.2, 0.25) is 0 Å². The molecule has 2 atom stereocenters. The number of benzene rings is 1. The minimum atomic E-state index is -0.864. The van der Waals surface area contributed by atoms with Crippen molar-refractivity contribution in [1.82, 2.24) is 5.32 Å². The summed E-state index contributed by atoms with van der Waals surface area (Å²) in [5.74, 6) is -1.96. The number of hydrogen-bond acceptors (Lipinski definition) is 2. The van der Waals surface area contributed by atoms with Crippen LogP contribution in [-0.2, 0) is 4.79 Å². The lowest BCUT2D eigenvalue weighted by Crippen LogP contribution is -2.49. The maximum atomic E-state index is 13.2. The molecule has 0 bridgehead atoms. The minimum absolute atomic E-state index is 0. The molecule has 1 aromatic carbocycles. The normalized spacial score (nSPS) is 20.2. The van der Waals surface area contributed by atoms with E-state index in [1.54, 1.807) is 6.07 Å². The summed E-state index contributed by atoms with van der Waals surface area (Å²) in [5.41, 5.74) is 6.45. The molecule has 0 radical (unpaired) electrons. The van der Waals surface area contributed by atoms with Gasteiger partial charge in [-0.15, -0.1) is 12.4 Å². The summed E-state index contributed by atoms with van der Waals surface area (Å²) in [4.78, 5) is 12.1. The highest BCUT2D eigenvalue weighted by Crippen LogP contribution is 2.47. The summed E-state index contributed by atoms with van der Waals surface area (Å²) in [6, 6.07) is 3.83. The average Bonchev–Trinajstić information content (AvgIpc) is 3.28. The lowest BCUT2D eigenvalue weighted by atomic mass is 9.94. The van der Waals surface area contributed by atoms with Crippen molar-refractivity contribution in [3.05, 3.63) is 35.4 Å². The van der Waals surface area contributed by atoms with Crippen molar-refractivity contribution in [2.75, 3.05) is 6.54 Å². The largest absolute Gasteiger partial charge is 0.354 e. The number of nitrogens with one attached hydrogen (secondary N) is 1. The Kier molecular flexibility index (Phi) is 6.32. The van der Waals surface area contributed by atoms with E-state index in [9.17, 15) is 13.6 Å². The monoisotopic (exact) mass is 332 g/mol. The molecule has 0 saturated heterocycles. The van der Waals surface area contributed by atoms with E-state index in [1.165, 1.54) is 6.07 Å². The third kappa shape index (κ3) is 4.17. The highest BCUT2D eigenvalue weighted by Gasteiger charge is 2.44. The van der Waals surface area contributed by atoms with Crippen molar-refractivity contribution >= 4 is 18.3 Å². The molecule has 1 fully saturated rings. The molecule has 1 aliphatic carbocycles. The second-order valence-electron chi connectivity index (χ2n) is 5.91. The van der Waals surface area contributed by atoms with E-state index in [0.29, 0.717) is 18.5 Å². The predicted octanol–water partition coefficient (Wildman–Crippen LogP) is 3.12. The van der Waals surface area contributed by atoms with E-state index in [0.717, 1.165) is 18.9 Å². The zero-order valence-electron chi connectivity index (χ0n) is 12.9. The van der Waals surface area contributed by atoms with E-state index >= 15 is 0 Å². The van der Waals surface area contributed by atoms with Crippen LogP contribution < -0.4 is 11.1 Å². The van der Waals surface area contributed by atoms with Crippen molar-refractivity contribution in [2.24, 2.45) is 11.7 Å². The van der Waals surface area contributed by atoms with Crippen LogP contribution in [0.15, 0.2) is 18.2 Å². The lowest BCUT2D eigenvalue weighted by molar-refractivity contribution is -0.122. The first-order chi connectivity index (χ1) is 9.90. The van der Waals surface area contributed by atoms with Gasteiger partial charge in [0.15, 0.2) is 11.6 Å².